The molecular formula is C18H16N6. The first kappa shape index (κ1) is 13.3. The van der Waals surface area contributed by atoms with Gasteiger partial charge in [-0.2, -0.15) is 5.10 Å². The maximum Gasteiger partial charge on any atom is 0.214 e. The summed E-state index contributed by atoms with van der Waals surface area (Å²) in [6.07, 6.45) is 6.16. The Morgan fingerprint density at radius 2 is 2.00 bits per heavy atom. The maximum absolute atomic E-state index is 4.77. The molecule has 0 spiro atoms. The Labute approximate surface area is 138 Å². The van der Waals surface area contributed by atoms with Crippen molar-refractivity contribution < 1.29 is 0 Å². The lowest BCUT2D eigenvalue weighted by molar-refractivity contribution is 0.964. The first-order valence-electron chi connectivity index (χ1n) is 8.09. The lowest BCUT2D eigenvalue weighted by Gasteiger charge is -2.08. The van der Waals surface area contributed by atoms with Crippen LogP contribution >= 0.6 is 0 Å². The van der Waals surface area contributed by atoms with E-state index < -0.39 is 0 Å². The topological polar surface area (TPSA) is 70.9 Å². The highest BCUT2D eigenvalue weighted by Crippen LogP contribution is 2.39. The summed E-state index contributed by atoms with van der Waals surface area (Å²) in [5, 5.41) is 10.8. The van der Waals surface area contributed by atoms with E-state index in [-0.39, 0.29) is 0 Å². The Bertz CT molecular complexity index is 997. The minimum Gasteiger partial charge on any atom is -0.308 e. The predicted molar refractivity (Wildman–Crippen MR) is 92.3 cm³/mol. The molecule has 0 atom stereocenters. The number of hydrogen-bond donors (Lipinski definition) is 2. The summed E-state index contributed by atoms with van der Waals surface area (Å²) < 4.78 is 1.93. The number of benzene rings is 1. The van der Waals surface area contributed by atoms with Crippen LogP contribution in [-0.4, -0.2) is 24.6 Å². The second kappa shape index (κ2) is 5.19. The van der Waals surface area contributed by atoms with Crippen LogP contribution in [0, 0.1) is 0 Å². The molecule has 2 N–H and O–H groups in total. The summed E-state index contributed by atoms with van der Waals surface area (Å²) in [5.74, 6) is 2.13. The molecule has 6 nitrogen and oxygen atoms in total. The quantitative estimate of drug-likeness (QED) is 0.601. The first-order chi connectivity index (χ1) is 11.9. The Balaban J connectivity index is 1.56. The van der Waals surface area contributed by atoms with Gasteiger partial charge in [0.1, 0.15) is 5.65 Å². The fourth-order valence-electron chi connectivity index (χ4n) is 2.89. The molecule has 24 heavy (non-hydrogen) atoms. The van der Waals surface area contributed by atoms with Crippen LogP contribution in [0.3, 0.4) is 0 Å². The van der Waals surface area contributed by atoms with Gasteiger partial charge < -0.3 is 5.32 Å². The van der Waals surface area contributed by atoms with E-state index in [2.05, 4.69) is 26.6 Å². The molecule has 5 rings (SSSR count). The van der Waals surface area contributed by atoms with Gasteiger partial charge in [-0.25, -0.2) is 9.97 Å². The molecule has 1 saturated carbocycles. The molecular weight excluding hydrogens is 300 g/mol. The van der Waals surface area contributed by atoms with E-state index >= 15 is 0 Å². The molecule has 0 aliphatic heterocycles. The molecule has 3 aromatic heterocycles. The average molecular weight is 316 g/mol. The van der Waals surface area contributed by atoms with Crippen LogP contribution in [0.1, 0.15) is 24.5 Å². The Kier molecular flexibility index (Phi) is 2.88. The van der Waals surface area contributed by atoms with Gasteiger partial charge in [0.25, 0.3) is 0 Å². The van der Waals surface area contributed by atoms with Crippen LogP contribution in [0.25, 0.3) is 16.9 Å². The third-order valence-corrected chi connectivity index (χ3v) is 4.31. The zero-order chi connectivity index (χ0) is 15.9. The number of aromatic nitrogens is 5. The molecule has 1 aliphatic carbocycles. The number of anilines is 2. The highest BCUT2D eigenvalue weighted by atomic mass is 15.3. The Hall–Kier alpha value is -3.15. The van der Waals surface area contributed by atoms with Gasteiger partial charge in [0.2, 0.25) is 5.95 Å². The number of H-pyrrole nitrogens is 1. The molecule has 6 heteroatoms. The van der Waals surface area contributed by atoms with Gasteiger partial charge in [0, 0.05) is 41.7 Å². The van der Waals surface area contributed by atoms with Crippen LogP contribution < -0.4 is 5.32 Å². The lowest BCUT2D eigenvalue weighted by Crippen LogP contribution is -2.02. The Morgan fingerprint density at radius 1 is 1.12 bits per heavy atom. The third kappa shape index (κ3) is 2.32. The molecule has 1 fully saturated rings. The molecule has 1 aliphatic rings. The summed E-state index contributed by atoms with van der Waals surface area (Å²) in [6.45, 7) is 0. The van der Waals surface area contributed by atoms with E-state index in [1.807, 2.05) is 47.0 Å². The predicted octanol–water partition coefficient (Wildman–Crippen LogP) is 3.74. The average Bonchev–Trinajstić information content (AvgIpc) is 3.17. The van der Waals surface area contributed by atoms with Crippen molar-refractivity contribution in [3.63, 3.8) is 0 Å². The van der Waals surface area contributed by atoms with Crippen LogP contribution in [0.5, 0.6) is 0 Å². The summed E-state index contributed by atoms with van der Waals surface area (Å²) in [5.41, 5.74) is 3.99. The second-order valence-electron chi connectivity index (χ2n) is 6.09. The van der Waals surface area contributed by atoms with Gasteiger partial charge in [-0.1, -0.05) is 30.3 Å². The molecule has 118 valence electrons. The molecule has 0 bridgehead atoms. The molecule has 0 amide bonds. The number of hydrogen-bond acceptors (Lipinski definition) is 4. The minimum absolute atomic E-state index is 0.643. The van der Waals surface area contributed by atoms with Gasteiger partial charge in [-0.15, -0.1) is 0 Å². The van der Waals surface area contributed by atoms with Crippen LogP contribution in [0.4, 0.5) is 11.8 Å². The van der Waals surface area contributed by atoms with Crippen molar-refractivity contribution >= 4 is 17.4 Å². The molecule has 4 aromatic rings. The zero-order valence-corrected chi connectivity index (χ0v) is 13.0. The second-order valence-corrected chi connectivity index (χ2v) is 6.09. The fraction of sp³-hybridized carbons (Fsp3) is 0.167. The first-order valence-corrected chi connectivity index (χ1v) is 8.09. The number of fused-ring (bicyclic) bond motifs is 1. The lowest BCUT2D eigenvalue weighted by atomic mass is 10.1. The summed E-state index contributed by atoms with van der Waals surface area (Å²) in [7, 11) is 0. The molecule has 0 saturated heterocycles. The third-order valence-electron chi connectivity index (χ3n) is 4.31. The Morgan fingerprint density at radius 3 is 2.83 bits per heavy atom. The van der Waals surface area contributed by atoms with E-state index in [1.54, 1.807) is 6.20 Å². The number of imidazole rings is 1. The van der Waals surface area contributed by atoms with E-state index in [1.165, 1.54) is 18.5 Å². The van der Waals surface area contributed by atoms with Crippen molar-refractivity contribution in [1.82, 2.24) is 24.6 Å². The number of nitrogens with one attached hydrogen (secondary N) is 2. The van der Waals surface area contributed by atoms with E-state index in [4.69, 9.17) is 4.98 Å². The van der Waals surface area contributed by atoms with E-state index in [0.717, 1.165) is 22.7 Å². The number of nitrogens with zero attached hydrogens (tertiary/aromatic N) is 4. The molecule has 0 unspecified atom stereocenters. The number of rotatable bonds is 4. The summed E-state index contributed by atoms with van der Waals surface area (Å²) >= 11 is 0. The van der Waals surface area contributed by atoms with Crippen LogP contribution in [0.15, 0.2) is 54.9 Å². The SMILES string of the molecule is c1ccc(-c2cc3nccn3c(Nc3cc(C4CC4)[nH]n3)n2)cc1. The monoisotopic (exact) mass is 316 g/mol. The van der Waals surface area contributed by atoms with Crippen molar-refractivity contribution in [2.24, 2.45) is 0 Å². The smallest absolute Gasteiger partial charge is 0.214 e. The van der Waals surface area contributed by atoms with Gasteiger partial charge in [0.05, 0.1) is 5.69 Å². The largest absolute Gasteiger partial charge is 0.308 e. The summed E-state index contributed by atoms with van der Waals surface area (Å²) in [6, 6.07) is 14.2. The standard InChI is InChI=1S/C18H16N6/c1-2-4-12(5-3-1)14-11-17-19-8-9-24(17)18(20-14)21-16-10-15(22-23-16)13-6-7-13/h1-5,8-11,13H,6-7H2,(H2,20,21,22,23). The van der Waals surface area contributed by atoms with Crippen molar-refractivity contribution in [3.05, 3.63) is 60.6 Å². The van der Waals surface area contributed by atoms with E-state index in [9.17, 15) is 0 Å². The van der Waals surface area contributed by atoms with Crippen molar-refractivity contribution in [3.8, 4) is 11.3 Å². The van der Waals surface area contributed by atoms with Crippen LogP contribution in [-0.2, 0) is 0 Å². The fourth-order valence-corrected chi connectivity index (χ4v) is 2.89. The maximum atomic E-state index is 4.77. The minimum atomic E-state index is 0.643. The molecule has 0 radical (unpaired) electrons. The van der Waals surface area contributed by atoms with Crippen molar-refractivity contribution in [2.75, 3.05) is 5.32 Å². The zero-order valence-electron chi connectivity index (χ0n) is 13.0. The molecule has 1 aromatic carbocycles. The highest BCUT2D eigenvalue weighted by molar-refractivity contribution is 5.67. The molecule has 3 heterocycles. The summed E-state index contributed by atoms with van der Waals surface area (Å²) in [4.78, 5) is 9.17. The van der Waals surface area contributed by atoms with Crippen molar-refractivity contribution in [1.29, 1.82) is 0 Å². The van der Waals surface area contributed by atoms with Gasteiger partial charge in [-0.3, -0.25) is 9.50 Å². The van der Waals surface area contributed by atoms with E-state index in [0.29, 0.717) is 11.9 Å². The van der Waals surface area contributed by atoms with Crippen LogP contribution in [0.2, 0.25) is 0 Å². The normalized spacial score (nSPS) is 14.2. The number of aromatic amines is 1. The van der Waals surface area contributed by atoms with Crippen molar-refractivity contribution in [2.45, 2.75) is 18.8 Å². The van der Waals surface area contributed by atoms with Gasteiger partial charge in [0.15, 0.2) is 5.82 Å². The van der Waals surface area contributed by atoms with Gasteiger partial charge in [-0.05, 0) is 12.8 Å². The highest BCUT2D eigenvalue weighted by Gasteiger charge is 2.25. The van der Waals surface area contributed by atoms with Gasteiger partial charge >= 0.3 is 0 Å².